The summed E-state index contributed by atoms with van der Waals surface area (Å²) in [6.45, 7) is 9.98. The smallest absolute Gasteiger partial charge is 0.0644 e. The Balaban J connectivity index is 2.01. The second-order valence-electron chi connectivity index (χ2n) is 5.71. The molecule has 2 rings (SSSR count). The molecule has 102 valence electrons. The molecular weight excluding hydrogens is 242 g/mol. The average Bonchev–Trinajstić information content (AvgIpc) is 2.83. The van der Waals surface area contributed by atoms with Crippen LogP contribution in [0.25, 0.3) is 0 Å². The molecule has 0 saturated carbocycles. The molecule has 0 amide bonds. The number of aromatic nitrogens is 2. The van der Waals surface area contributed by atoms with Gasteiger partial charge in [0.2, 0.25) is 0 Å². The minimum absolute atomic E-state index is 0.386. The topological polar surface area (TPSA) is 29.9 Å². The first-order valence-electron chi connectivity index (χ1n) is 6.80. The van der Waals surface area contributed by atoms with Gasteiger partial charge in [0.05, 0.1) is 5.69 Å². The molecule has 0 bridgehead atoms. The van der Waals surface area contributed by atoms with Crippen LogP contribution in [-0.2, 0) is 7.05 Å². The number of hydrogen-bond donors (Lipinski definition) is 1. The fourth-order valence-electron chi connectivity index (χ4n) is 2.86. The standard InChI is InChI=1S/C14H25N3S/c1-10(13-11(2)16-17(5)12(13)3)15-9-14(4)7-6-8-18-14/h10,15H,6-9H2,1-5H3. The molecule has 2 atom stereocenters. The Morgan fingerprint density at radius 1 is 1.50 bits per heavy atom. The van der Waals surface area contributed by atoms with Gasteiger partial charge in [-0.15, -0.1) is 0 Å². The predicted molar refractivity (Wildman–Crippen MR) is 79.2 cm³/mol. The number of aryl methyl sites for hydroxylation is 2. The van der Waals surface area contributed by atoms with Gasteiger partial charge >= 0.3 is 0 Å². The highest BCUT2D eigenvalue weighted by Crippen LogP contribution is 2.37. The van der Waals surface area contributed by atoms with Crippen molar-refractivity contribution in [1.82, 2.24) is 15.1 Å². The van der Waals surface area contributed by atoms with Crippen LogP contribution < -0.4 is 5.32 Å². The molecule has 0 radical (unpaired) electrons. The van der Waals surface area contributed by atoms with Crippen LogP contribution in [0.2, 0.25) is 0 Å². The maximum absolute atomic E-state index is 4.50. The summed E-state index contributed by atoms with van der Waals surface area (Å²) in [6, 6.07) is 0.386. The molecule has 1 aliphatic rings. The van der Waals surface area contributed by atoms with Gasteiger partial charge < -0.3 is 5.32 Å². The zero-order valence-corrected chi connectivity index (χ0v) is 13.0. The fraction of sp³-hybridized carbons (Fsp3) is 0.786. The lowest BCUT2D eigenvalue weighted by Gasteiger charge is -2.26. The normalized spacial score (nSPS) is 25.6. The van der Waals surface area contributed by atoms with Crippen molar-refractivity contribution in [1.29, 1.82) is 0 Å². The van der Waals surface area contributed by atoms with Crippen LogP contribution in [0.5, 0.6) is 0 Å². The number of nitrogens with zero attached hydrogens (tertiary/aromatic N) is 2. The Kier molecular flexibility index (Phi) is 4.07. The van der Waals surface area contributed by atoms with E-state index in [0.717, 1.165) is 12.2 Å². The SMILES string of the molecule is Cc1nn(C)c(C)c1C(C)NCC1(C)CCCS1. The van der Waals surface area contributed by atoms with E-state index in [1.165, 1.54) is 29.9 Å². The Bertz CT molecular complexity index is 419. The van der Waals surface area contributed by atoms with Crippen molar-refractivity contribution in [2.75, 3.05) is 12.3 Å². The van der Waals surface area contributed by atoms with E-state index in [9.17, 15) is 0 Å². The average molecular weight is 267 g/mol. The molecule has 0 aliphatic carbocycles. The Morgan fingerprint density at radius 3 is 2.72 bits per heavy atom. The van der Waals surface area contributed by atoms with Gasteiger partial charge in [0.1, 0.15) is 0 Å². The lowest BCUT2D eigenvalue weighted by atomic mass is 10.0. The molecule has 0 aromatic carbocycles. The molecule has 1 fully saturated rings. The van der Waals surface area contributed by atoms with Crippen molar-refractivity contribution >= 4 is 11.8 Å². The van der Waals surface area contributed by atoms with Crippen LogP contribution >= 0.6 is 11.8 Å². The zero-order valence-electron chi connectivity index (χ0n) is 12.2. The molecule has 3 nitrogen and oxygen atoms in total. The van der Waals surface area contributed by atoms with Crippen LogP contribution in [0, 0.1) is 13.8 Å². The minimum Gasteiger partial charge on any atom is -0.309 e. The van der Waals surface area contributed by atoms with Crippen molar-refractivity contribution in [3.63, 3.8) is 0 Å². The summed E-state index contributed by atoms with van der Waals surface area (Å²) in [5.74, 6) is 1.32. The first-order chi connectivity index (χ1) is 8.43. The Morgan fingerprint density at radius 2 is 2.22 bits per heavy atom. The maximum Gasteiger partial charge on any atom is 0.0644 e. The molecule has 1 aromatic rings. The first kappa shape index (κ1) is 13.9. The molecule has 2 heterocycles. The lowest BCUT2D eigenvalue weighted by molar-refractivity contribution is 0.488. The van der Waals surface area contributed by atoms with Crippen LogP contribution in [0.4, 0.5) is 0 Å². The maximum atomic E-state index is 4.50. The molecule has 0 spiro atoms. The van der Waals surface area contributed by atoms with E-state index in [4.69, 9.17) is 0 Å². The molecule has 1 aromatic heterocycles. The van der Waals surface area contributed by atoms with Crippen molar-refractivity contribution in [3.8, 4) is 0 Å². The third-order valence-electron chi connectivity index (χ3n) is 4.08. The van der Waals surface area contributed by atoms with Crippen molar-refractivity contribution in [2.24, 2.45) is 7.05 Å². The van der Waals surface area contributed by atoms with Crippen LogP contribution in [-0.4, -0.2) is 26.8 Å². The molecule has 1 saturated heterocycles. The zero-order chi connectivity index (χ0) is 13.3. The summed E-state index contributed by atoms with van der Waals surface area (Å²) in [6.07, 6.45) is 2.70. The van der Waals surface area contributed by atoms with Gasteiger partial charge in [-0.1, -0.05) is 0 Å². The van der Waals surface area contributed by atoms with Gasteiger partial charge in [-0.25, -0.2) is 0 Å². The monoisotopic (exact) mass is 267 g/mol. The summed E-state index contributed by atoms with van der Waals surface area (Å²) >= 11 is 2.11. The highest BCUT2D eigenvalue weighted by molar-refractivity contribution is 8.00. The van der Waals surface area contributed by atoms with Gasteiger partial charge in [-0.05, 0) is 46.3 Å². The molecule has 2 unspecified atom stereocenters. The second kappa shape index (κ2) is 5.25. The van der Waals surface area contributed by atoms with E-state index < -0.39 is 0 Å². The van der Waals surface area contributed by atoms with E-state index >= 15 is 0 Å². The molecule has 18 heavy (non-hydrogen) atoms. The Labute approximate surface area is 115 Å². The van der Waals surface area contributed by atoms with E-state index in [1.54, 1.807) is 0 Å². The van der Waals surface area contributed by atoms with E-state index in [1.807, 2.05) is 11.7 Å². The summed E-state index contributed by atoms with van der Waals surface area (Å²) in [7, 11) is 2.02. The molecular formula is C14H25N3S. The highest BCUT2D eigenvalue weighted by Gasteiger charge is 2.30. The van der Waals surface area contributed by atoms with E-state index in [0.29, 0.717) is 10.8 Å². The molecule has 1 N–H and O–H groups in total. The summed E-state index contributed by atoms with van der Waals surface area (Å²) < 4.78 is 2.41. The van der Waals surface area contributed by atoms with Gasteiger partial charge in [0.15, 0.2) is 0 Å². The summed E-state index contributed by atoms with van der Waals surface area (Å²) in [5.41, 5.74) is 3.79. The van der Waals surface area contributed by atoms with E-state index in [2.05, 4.69) is 49.9 Å². The predicted octanol–water partition coefficient (Wildman–Crippen LogP) is 2.97. The first-order valence-corrected chi connectivity index (χ1v) is 7.79. The summed E-state index contributed by atoms with van der Waals surface area (Å²) in [4.78, 5) is 0. The third-order valence-corrected chi connectivity index (χ3v) is 5.62. The third kappa shape index (κ3) is 2.75. The highest BCUT2D eigenvalue weighted by atomic mass is 32.2. The van der Waals surface area contributed by atoms with E-state index in [-0.39, 0.29) is 0 Å². The van der Waals surface area contributed by atoms with Crippen molar-refractivity contribution in [3.05, 3.63) is 17.0 Å². The van der Waals surface area contributed by atoms with Crippen LogP contribution in [0.1, 0.15) is 49.7 Å². The van der Waals surface area contributed by atoms with Gasteiger partial charge in [-0.3, -0.25) is 4.68 Å². The quantitative estimate of drug-likeness (QED) is 0.909. The number of hydrogen-bond acceptors (Lipinski definition) is 3. The number of rotatable bonds is 4. The van der Waals surface area contributed by atoms with Crippen LogP contribution in [0.3, 0.4) is 0 Å². The molecule has 1 aliphatic heterocycles. The van der Waals surface area contributed by atoms with Crippen LogP contribution in [0.15, 0.2) is 0 Å². The second-order valence-corrected chi connectivity index (χ2v) is 7.40. The van der Waals surface area contributed by atoms with Gasteiger partial charge in [0.25, 0.3) is 0 Å². The number of thioether (sulfide) groups is 1. The number of nitrogens with one attached hydrogen (secondary N) is 1. The van der Waals surface area contributed by atoms with Crippen molar-refractivity contribution in [2.45, 2.75) is 51.3 Å². The Hall–Kier alpha value is -0.480. The van der Waals surface area contributed by atoms with Crippen molar-refractivity contribution < 1.29 is 0 Å². The fourth-order valence-corrected chi connectivity index (χ4v) is 4.12. The lowest BCUT2D eigenvalue weighted by Crippen LogP contribution is -2.34. The largest absolute Gasteiger partial charge is 0.309 e. The molecule has 4 heteroatoms. The van der Waals surface area contributed by atoms with Gasteiger partial charge in [-0.2, -0.15) is 16.9 Å². The van der Waals surface area contributed by atoms with Gasteiger partial charge in [0, 0.05) is 35.6 Å². The minimum atomic E-state index is 0.386. The summed E-state index contributed by atoms with van der Waals surface area (Å²) in [5, 5.41) is 8.20.